The minimum atomic E-state index is -4.02. The molecule has 5 saturated heterocycles. The van der Waals surface area contributed by atoms with Crippen LogP contribution in [0.2, 0.25) is 0 Å². The molecule has 18 nitrogen and oxygen atoms in total. The molecule has 7 aliphatic rings. The lowest BCUT2D eigenvalue weighted by Gasteiger charge is -2.22. The number of alkyl halides is 8. The van der Waals surface area contributed by atoms with E-state index in [1.165, 1.54) is 131 Å². The van der Waals surface area contributed by atoms with Gasteiger partial charge in [-0.1, -0.05) is 224 Å². The molecule has 0 radical (unpaired) electrons. The lowest BCUT2D eigenvalue weighted by atomic mass is 10.2. The van der Waals surface area contributed by atoms with Gasteiger partial charge >= 0.3 is 2.56 Å². The Morgan fingerprint density at radius 3 is 0.879 bits per heavy atom. The number of aliphatic hydroxyl groups excluding tert-OH is 4. The third kappa shape index (κ3) is 128. The molecular formula is C107H183Br8O18P5S3+2. The van der Waals surface area contributed by atoms with E-state index in [4.69, 9.17) is 92.5 Å². The van der Waals surface area contributed by atoms with E-state index in [1.54, 1.807) is 24.7 Å². The number of unbranched alkanes of at least 4 members (excludes halogenated alkanes) is 8. The first kappa shape index (κ1) is 158. The Morgan fingerprint density at radius 2 is 0.674 bits per heavy atom. The third-order valence-electron chi connectivity index (χ3n) is 17.2. The second-order valence-electron chi connectivity index (χ2n) is 28.7. The highest BCUT2D eigenvalue weighted by Crippen LogP contribution is 2.39. The first-order valence-corrected chi connectivity index (χ1v) is 63.5. The van der Waals surface area contributed by atoms with Gasteiger partial charge in [0, 0.05) is 139 Å². The van der Waals surface area contributed by atoms with Gasteiger partial charge in [0.2, 0.25) is 0 Å². The first-order valence-electron chi connectivity index (χ1n) is 46.9. The average Bonchev–Trinajstić information content (AvgIpc) is 1.15. The van der Waals surface area contributed by atoms with Crippen molar-refractivity contribution in [2.45, 2.75) is 321 Å². The number of allylic oxidation sites excluding steroid dienone is 2. The van der Waals surface area contributed by atoms with Crippen LogP contribution in [0.4, 0.5) is 0 Å². The van der Waals surface area contributed by atoms with E-state index in [-0.39, 0.29) is 103 Å². The van der Waals surface area contributed by atoms with Gasteiger partial charge in [-0.05, 0) is 299 Å². The lowest BCUT2D eigenvalue weighted by molar-refractivity contribution is -0.162. The molecule has 34 heteroatoms. The number of benzene rings is 4. The molecule has 4 aromatic rings. The Morgan fingerprint density at radius 1 is 0.411 bits per heavy atom. The fourth-order valence-electron chi connectivity index (χ4n) is 10.6. The van der Waals surface area contributed by atoms with E-state index in [0.717, 1.165) is 228 Å². The molecule has 0 bridgehead atoms. The number of aryl methyl sites for hydroxylation is 1. The molecule has 0 saturated carbocycles. The predicted octanol–water partition coefficient (Wildman–Crippen LogP) is 30.5. The van der Waals surface area contributed by atoms with Crippen molar-refractivity contribution in [3.8, 4) is 60.2 Å². The molecule has 5 fully saturated rings. The minimum Gasteiger partial charge on any atom is -0.502 e. The highest BCUT2D eigenvalue weighted by Gasteiger charge is 2.19. The molecule has 7 aliphatic heterocycles. The summed E-state index contributed by atoms with van der Waals surface area (Å²) in [4.78, 5) is -0.0666. The van der Waals surface area contributed by atoms with Crippen LogP contribution in [0.3, 0.4) is 0 Å². The molecule has 0 aliphatic carbocycles. The molecular weight excluding hydrogens is 2460 g/mol. The van der Waals surface area contributed by atoms with Gasteiger partial charge in [-0.3, -0.25) is 4.55 Å². The Labute approximate surface area is 949 Å². The molecule has 141 heavy (non-hydrogen) atoms. The SMILES string of the molecule is BrC(Br)(Br)Br.BrCCCC#CCCCBr.BrCCCOC1CCCCO1.C.C.C.C.C.C.C.C#CCCCO.C#CCCCOC1CCCCO1.C(#CCCCOC1CCCCO1)CCCOC1CCCCO1.C1=COCCC1.C1=COCCC1.C1CCOC1.Cc1ccc(S(=O)(=O)O)cc1.OCCCBr.OCCCC#CCCCO.[3H][P+](P)=S.[3H][P+](P)=S.c1ccc(P(c2ccccc2)c2ccccc2)cc1. The predicted molar refractivity (Wildman–Crippen MR) is 657 cm³/mol. The van der Waals surface area contributed by atoms with Crippen molar-refractivity contribution in [2.75, 3.05) is 127 Å². The molecule has 8 atom stereocenters. The highest BCUT2D eigenvalue weighted by molar-refractivity contribution is 9.52. The van der Waals surface area contributed by atoms with Crippen molar-refractivity contribution in [1.29, 1.82) is 2.56 Å². The van der Waals surface area contributed by atoms with Crippen molar-refractivity contribution < 1.29 is 85.5 Å². The first-order chi connectivity index (χ1) is 65.9. The second kappa shape index (κ2) is 133. The van der Waals surface area contributed by atoms with Crippen LogP contribution in [-0.4, -0.2) is 189 Å². The number of hydrogen-bond donors (Lipinski definition) is 5. The average molecular weight is 2650 g/mol. The standard InChI is InChI=1S/C18H30O4.C18H15P.C10H16O2.C8H12Br2.C8H15BrO2.C8H14O2.C7H8O3S.3C5H8O.C4H8O.C3H7BrO.CBr4.7CH4.2H2P2S/c1(3-7-13-19-17-11-5-9-15-21-17)2-4-8-14-20-18-12-6-10-16-22-18;1-4-10-16(11-5-1)19(17-12-6-2-7-13-17)18-14-8-3-9-15-18;1-2-3-5-8-11-10-7-4-6-9-12-10;9-7-5-3-1-2-4-6-8-10;9-5-3-7-11-8-4-1-2-6-10-8;9-7-5-3-1-2-4-6-8-10;1-6-2-4-7(5-3-6)11(8,9)10;2*1-2-4-6-5-3-1;1-2-3-4-5-6;1-2-4-5-3-1;4-2-1-3-5;2-1(3,4)5;;;;;;;;2*1-2-3/h17-18H,3-16H2;1-15H;1,10H,3-9H2;3-8H2;8H,1-7H2;9-10H,3-8H2;2-5H,1H3,(H,8,9,10);2*2,4H,1,3,5H2;1,6H,3-5H2;1-4H2;5H,1-3H2;;7*1H4;2*1H2/p+2/i/hT2. The van der Waals surface area contributed by atoms with Gasteiger partial charge in [-0.25, -0.2) is 0 Å². The molecule has 7 heterocycles. The van der Waals surface area contributed by atoms with E-state index in [2.05, 4.69) is 307 Å². The van der Waals surface area contributed by atoms with E-state index in [1.807, 2.05) is 19.1 Å². The minimum absolute atomic E-state index is 0. The number of halogens is 8. The Hall–Kier alpha value is -0.680. The summed E-state index contributed by atoms with van der Waals surface area (Å²) in [5.41, 5.74) is 0.956. The topological polar surface area (TPSA) is 237 Å². The number of rotatable bonds is 32. The zero-order valence-electron chi connectivity index (χ0n) is 80.6. The van der Waals surface area contributed by atoms with Gasteiger partial charge in [0.15, 0.2) is 63.8 Å². The maximum Gasteiger partial charge on any atom is 0.355 e. The zero-order valence-corrected chi connectivity index (χ0v) is 98.8. The van der Waals surface area contributed by atoms with Crippen molar-refractivity contribution in [2.24, 2.45) is 0 Å². The molecule has 4 aromatic carbocycles. The summed E-state index contributed by atoms with van der Waals surface area (Å²) in [5.74, 6) is 23.4. The summed E-state index contributed by atoms with van der Waals surface area (Å²) in [6, 6.07) is 38.3. The van der Waals surface area contributed by atoms with Crippen LogP contribution in [0.15, 0.2) is 145 Å². The van der Waals surface area contributed by atoms with Crippen LogP contribution in [0.1, 0.15) is 289 Å². The summed E-state index contributed by atoms with van der Waals surface area (Å²) < 4.78 is 101. The number of hydrogen-bond acceptors (Lipinski definition) is 19. The quantitative estimate of drug-likeness (QED) is 0.0100. The fourth-order valence-corrected chi connectivity index (χ4v) is 14.4. The van der Waals surface area contributed by atoms with Crippen LogP contribution in [0, 0.1) is 67.1 Å². The Bertz CT molecular complexity index is 3510. The number of ether oxygens (including phenoxy) is 11. The number of aliphatic hydroxyl groups is 4. The fraction of sp³-hybridized carbons (Fsp3) is 0.645. The molecule has 0 spiro atoms. The van der Waals surface area contributed by atoms with Crippen LogP contribution < -0.4 is 15.9 Å². The second-order valence-corrected chi connectivity index (χ2v) is 52.1. The van der Waals surface area contributed by atoms with Crippen molar-refractivity contribution in [3.05, 3.63) is 146 Å². The Kier molecular flexibility index (Phi) is 150. The molecule has 11 rings (SSSR count). The number of terminal acetylenes is 2. The van der Waals surface area contributed by atoms with E-state index < -0.39 is 32.0 Å². The van der Waals surface area contributed by atoms with Crippen LogP contribution in [0.5, 0.6) is 0 Å². The lowest BCUT2D eigenvalue weighted by Crippen LogP contribution is -2.22. The van der Waals surface area contributed by atoms with Crippen molar-refractivity contribution in [1.82, 2.24) is 0 Å². The molecule has 0 aromatic heterocycles. The summed E-state index contributed by atoms with van der Waals surface area (Å²) >= 11 is 34.3. The van der Waals surface area contributed by atoms with Crippen molar-refractivity contribution >= 4 is 217 Å². The molecule has 5 N–H and O–H groups in total. The van der Waals surface area contributed by atoms with Crippen molar-refractivity contribution in [3.63, 3.8) is 0 Å². The third-order valence-corrected chi connectivity index (χ3v) is 22.7. The van der Waals surface area contributed by atoms with E-state index >= 15 is 0 Å². The Balaban J connectivity index is -0.000000149. The van der Waals surface area contributed by atoms with Gasteiger partial charge in [-0.15, -0.1) is 60.2 Å². The zero-order chi connectivity index (χ0) is 101. The maximum atomic E-state index is 10.5. The van der Waals surface area contributed by atoms with Gasteiger partial charge in [0.05, 0.1) is 74.9 Å². The maximum absolute atomic E-state index is 10.5. The monoisotopic (exact) mass is 2640 g/mol. The van der Waals surface area contributed by atoms with Crippen LogP contribution >= 0.6 is 167 Å². The summed E-state index contributed by atoms with van der Waals surface area (Å²) in [7, 11) is -0.0582. The molecule has 8 unspecified atom stereocenters. The van der Waals surface area contributed by atoms with Gasteiger partial charge in [0.25, 0.3) is 10.1 Å². The van der Waals surface area contributed by atoms with Crippen LogP contribution in [0.25, 0.3) is 0 Å². The smallest absolute Gasteiger partial charge is 0.355 e. The normalized spacial score (nSPS) is 15.7. The summed E-state index contributed by atoms with van der Waals surface area (Å²) in [6.45, 7) is 11.3. The molecule has 0 amide bonds. The highest BCUT2D eigenvalue weighted by atomic mass is 80.0. The van der Waals surface area contributed by atoms with E-state index in [0.29, 0.717) is 13.0 Å². The van der Waals surface area contributed by atoms with Gasteiger partial charge < -0.3 is 72.5 Å². The van der Waals surface area contributed by atoms with Gasteiger partial charge in [0.1, 0.15) is 0 Å². The summed E-state index contributed by atoms with van der Waals surface area (Å²) in [6.07, 6.45) is 55.2. The van der Waals surface area contributed by atoms with Gasteiger partial charge in [-0.2, -0.15) is 8.42 Å². The van der Waals surface area contributed by atoms with Crippen LogP contribution in [-0.2, 0) is 85.8 Å². The van der Waals surface area contributed by atoms with E-state index in [9.17, 15) is 8.42 Å². The summed E-state index contributed by atoms with van der Waals surface area (Å²) in [5, 5.41) is 41.1. The largest absolute Gasteiger partial charge is 0.502 e. The molecule has 816 valence electrons.